The molecule has 38 heavy (non-hydrogen) atoms. The normalized spacial score (nSPS) is 22.0. The van der Waals surface area contributed by atoms with Crippen LogP contribution in [0.15, 0.2) is 40.7 Å². The fraction of sp³-hybridized carbons (Fsp3) is 0.400. The summed E-state index contributed by atoms with van der Waals surface area (Å²) in [6.07, 6.45) is -0.0890. The van der Waals surface area contributed by atoms with Gasteiger partial charge >= 0.3 is 5.97 Å². The number of benzene rings is 1. The zero-order valence-corrected chi connectivity index (χ0v) is 22.2. The van der Waals surface area contributed by atoms with E-state index in [1.54, 1.807) is 24.3 Å². The van der Waals surface area contributed by atoms with Crippen LogP contribution in [0.3, 0.4) is 0 Å². The minimum atomic E-state index is -4.56. The van der Waals surface area contributed by atoms with Gasteiger partial charge in [-0.2, -0.15) is 8.42 Å². The highest BCUT2D eigenvalue weighted by Crippen LogP contribution is 2.48. The molecule has 18 heteroatoms. The van der Waals surface area contributed by atoms with E-state index in [0.717, 1.165) is 34.0 Å². The molecule has 2 aliphatic heterocycles. The maximum atomic E-state index is 13.4. The number of nitrogens with one attached hydrogen (secondary N) is 2. The Morgan fingerprint density at radius 3 is 2.68 bits per heavy atom. The summed E-state index contributed by atoms with van der Waals surface area (Å²) in [5.74, 6) is -3.79. The second-order valence-corrected chi connectivity index (χ2v) is 12.0. The van der Waals surface area contributed by atoms with Gasteiger partial charge in [0.15, 0.2) is 0 Å². The van der Waals surface area contributed by atoms with E-state index < -0.39 is 55.7 Å². The van der Waals surface area contributed by atoms with Gasteiger partial charge in [-0.25, -0.2) is 9.89 Å². The average molecular weight is 586 g/mol. The summed E-state index contributed by atoms with van der Waals surface area (Å²) in [7, 11) is -3.34. The van der Waals surface area contributed by atoms with E-state index in [9.17, 15) is 32.5 Å². The molecule has 3 heterocycles. The minimum absolute atomic E-state index is 0.0538. The molecule has 1 fully saturated rings. The molecular formula is C20H23N7O8S3. The van der Waals surface area contributed by atoms with Crippen LogP contribution in [-0.4, -0.2) is 96.3 Å². The maximum Gasteiger partial charge on any atom is 0.352 e. The Labute approximate surface area is 224 Å². The molecule has 0 radical (unpaired) electrons. The smallest absolute Gasteiger partial charge is 0.352 e. The molecule has 15 nitrogen and oxygen atoms in total. The molecule has 2 amide bonds. The quantitative estimate of drug-likeness (QED) is 0.0918. The number of amides is 2. The summed E-state index contributed by atoms with van der Waals surface area (Å²) < 4.78 is 38.4. The first kappa shape index (κ1) is 28.0. The van der Waals surface area contributed by atoms with Crippen LogP contribution >= 0.6 is 23.5 Å². The lowest BCUT2D eigenvalue weighted by Crippen LogP contribution is -2.80. The van der Waals surface area contributed by atoms with Crippen molar-refractivity contribution in [1.82, 2.24) is 30.8 Å². The number of carboxylic acid groups (broad SMARTS) is 1. The number of aromatic amines is 1. The fourth-order valence-corrected chi connectivity index (χ4v) is 8.01. The van der Waals surface area contributed by atoms with Gasteiger partial charge in [0.05, 0.1) is 17.4 Å². The van der Waals surface area contributed by atoms with E-state index >= 15 is 0 Å². The molecule has 0 saturated carbocycles. The van der Waals surface area contributed by atoms with Crippen molar-refractivity contribution in [3.63, 3.8) is 0 Å². The molecule has 3 atom stereocenters. The number of nitrogens with zero attached hydrogens (tertiary/aromatic N) is 4. The zero-order valence-electron chi connectivity index (χ0n) is 19.7. The molecular weight excluding hydrogens is 562 g/mol. The molecule has 4 rings (SSSR count). The van der Waals surface area contributed by atoms with Gasteiger partial charge in [0, 0.05) is 19.4 Å². The van der Waals surface area contributed by atoms with Crippen molar-refractivity contribution in [2.75, 3.05) is 18.6 Å². The van der Waals surface area contributed by atoms with E-state index in [1.807, 2.05) is 0 Å². The third-order valence-corrected chi connectivity index (χ3v) is 9.36. The van der Waals surface area contributed by atoms with Gasteiger partial charge < -0.3 is 20.9 Å². The molecule has 0 bridgehead atoms. The van der Waals surface area contributed by atoms with Crippen LogP contribution in [-0.2, 0) is 42.2 Å². The van der Waals surface area contributed by atoms with Crippen LogP contribution in [0, 0.1) is 0 Å². The number of hydrogen-bond acceptors (Lipinski definition) is 12. The number of β-lactam (4-membered cyclic amide) rings is 1. The third kappa shape index (κ3) is 5.40. The minimum Gasteiger partial charge on any atom is -0.477 e. The summed E-state index contributed by atoms with van der Waals surface area (Å²) in [5, 5.41) is 23.5. The third-order valence-electron chi connectivity index (χ3n) is 5.93. The number of carbonyl (C=O) groups excluding carboxylic acids is 2. The Hall–Kier alpha value is -3.03. The number of tetrazole rings is 1. The summed E-state index contributed by atoms with van der Waals surface area (Å²) in [6.45, 7) is 0.215. The van der Waals surface area contributed by atoms with Crippen LogP contribution < -0.4 is 11.1 Å². The van der Waals surface area contributed by atoms with Crippen LogP contribution in [0.1, 0.15) is 11.1 Å². The van der Waals surface area contributed by atoms with Gasteiger partial charge in [0.1, 0.15) is 11.1 Å². The summed E-state index contributed by atoms with van der Waals surface area (Å²) >= 11 is 1.86. The van der Waals surface area contributed by atoms with Crippen LogP contribution in [0.4, 0.5) is 0 Å². The van der Waals surface area contributed by atoms with E-state index in [4.69, 9.17) is 10.5 Å². The van der Waals surface area contributed by atoms with Crippen LogP contribution in [0.25, 0.3) is 0 Å². The summed E-state index contributed by atoms with van der Waals surface area (Å²) in [6, 6.07) is 7.06. The van der Waals surface area contributed by atoms with Gasteiger partial charge in [-0.3, -0.25) is 19.0 Å². The molecule has 0 spiro atoms. The maximum absolute atomic E-state index is 13.4. The number of hydrogen-bond donors (Lipinski definition) is 5. The van der Waals surface area contributed by atoms with Crippen molar-refractivity contribution in [1.29, 1.82) is 0 Å². The molecule has 6 N–H and O–H groups in total. The van der Waals surface area contributed by atoms with Crippen molar-refractivity contribution in [3.05, 3.63) is 46.7 Å². The summed E-state index contributed by atoms with van der Waals surface area (Å²) in [5.41, 5.74) is 4.91. The Morgan fingerprint density at radius 1 is 1.39 bits per heavy atom. The highest BCUT2D eigenvalue weighted by Gasteiger charge is 2.67. The molecule has 1 saturated heterocycles. The Balaban J connectivity index is 1.63. The lowest BCUT2D eigenvalue weighted by atomic mass is 9.96. The van der Waals surface area contributed by atoms with E-state index in [-0.39, 0.29) is 29.4 Å². The van der Waals surface area contributed by atoms with Gasteiger partial charge in [-0.15, -0.1) is 16.9 Å². The lowest BCUT2D eigenvalue weighted by molar-refractivity contribution is -0.192. The van der Waals surface area contributed by atoms with Gasteiger partial charge in [0.2, 0.25) is 11.1 Å². The molecule has 204 valence electrons. The molecule has 1 aromatic heterocycles. The van der Waals surface area contributed by atoms with Gasteiger partial charge in [-0.05, 0) is 27.1 Å². The second-order valence-electron chi connectivity index (χ2n) is 8.22. The number of methoxy groups -OCH3 is 1. The van der Waals surface area contributed by atoms with E-state index in [1.165, 1.54) is 7.11 Å². The predicted molar refractivity (Wildman–Crippen MR) is 134 cm³/mol. The lowest BCUT2D eigenvalue weighted by Gasteiger charge is -2.56. The molecule has 1 unspecified atom stereocenters. The number of ether oxygens (including phenoxy) is 1. The number of aromatic nitrogens is 4. The number of nitrogens with two attached hydrogens (primary N) is 1. The standard InChI is InChI=1S/C20H23N7O8S3/c1-35-20(22-14(28)6-10-4-2-3-5-11(10)7-21)17(31)27-15(16(29)30)12(8-36-18(20)27)13(9-38(32,33)34)37-19-23-25-26-24-19/h2-5,13,18H,6-9,21H2,1H3,(H,22,28)(H,29,30)(H,32,33,34)(H,23,24,25,26)/t13?,18-,20-/m0/s1. The number of carbonyl (C=O) groups is 3. The first-order valence-electron chi connectivity index (χ1n) is 10.9. The SMILES string of the molecule is CO[C@@]1(NC(=O)Cc2ccccc2CN)C(=O)N2C(C(=O)O)=C(C(CS(=O)(=O)O)Sc3nnn[nH]3)CS[C@H]21. The van der Waals surface area contributed by atoms with Gasteiger partial charge in [0.25, 0.3) is 21.8 Å². The number of aliphatic carboxylic acids is 1. The zero-order chi connectivity index (χ0) is 27.7. The first-order chi connectivity index (χ1) is 18.0. The largest absolute Gasteiger partial charge is 0.477 e. The summed E-state index contributed by atoms with van der Waals surface area (Å²) in [4.78, 5) is 39.6. The molecule has 0 aliphatic carbocycles. The number of H-pyrrole nitrogens is 1. The molecule has 1 aromatic carbocycles. The predicted octanol–water partition coefficient (Wildman–Crippen LogP) is -1.04. The van der Waals surface area contributed by atoms with Crippen LogP contribution in [0.2, 0.25) is 0 Å². The van der Waals surface area contributed by atoms with Crippen molar-refractivity contribution in [3.8, 4) is 0 Å². The Kier molecular flexibility index (Phi) is 8.09. The number of fused-ring (bicyclic) bond motifs is 1. The van der Waals surface area contributed by atoms with Gasteiger partial charge in [-0.1, -0.05) is 36.0 Å². The van der Waals surface area contributed by atoms with Crippen molar-refractivity contribution in [2.24, 2.45) is 5.73 Å². The average Bonchev–Trinajstić information content (AvgIpc) is 3.38. The second kappa shape index (κ2) is 11.0. The fourth-order valence-electron chi connectivity index (χ4n) is 4.23. The van der Waals surface area contributed by atoms with E-state index in [0.29, 0.717) is 5.56 Å². The van der Waals surface area contributed by atoms with Crippen LogP contribution in [0.5, 0.6) is 0 Å². The topological polar surface area (TPSA) is 231 Å². The highest BCUT2D eigenvalue weighted by molar-refractivity contribution is 8.01. The highest BCUT2D eigenvalue weighted by atomic mass is 32.2. The monoisotopic (exact) mass is 585 g/mol. The van der Waals surface area contributed by atoms with Crippen molar-refractivity contribution < 1.29 is 37.2 Å². The number of thioether (sulfide) groups is 2. The van der Waals surface area contributed by atoms with Crippen molar-refractivity contribution >= 4 is 51.4 Å². The molecule has 2 aromatic rings. The number of carboxylic acids is 1. The first-order valence-corrected chi connectivity index (χ1v) is 14.4. The number of rotatable bonds is 11. The van der Waals surface area contributed by atoms with Crippen molar-refractivity contribution in [2.45, 2.75) is 34.5 Å². The Morgan fingerprint density at radius 2 is 2.11 bits per heavy atom. The van der Waals surface area contributed by atoms with E-state index in [2.05, 4.69) is 25.9 Å². The molecule has 2 aliphatic rings. The Bertz CT molecular complexity index is 1380.